The Morgan fingerprint density at radius 1 is 1.43 bits per heavy atom. The molecule has 1 saturated carbocycles. The van der Waals surface area contributed by atoms with Crippen LogP contribution in [0.15, 0.2) is 24.3 Å². The average molecular weight is 283 g/mol. The molecule has 0 radical (unpaired) electrons. The Morgan fingerprint density at radius 3 is 3.14 bits per heavy atom. The number of rotatable bonds is 0. The van der Waals surface area contributed by atoms with Crippen LogP contribution in [0, 0.1) is 5.92 Å². The maximum atomic E-state index is 10.3. The smallest absolute Gasteiger partial charge is 0.166 e. The van der Waals surface area contributed by atoms with E-state index in [2.05, 4.69) is 24.6 Å². The molecule has 2 aliphatic carbocycles. The molecular formula is C18H21NO2. The zero-order valence-corrected chi connectivity index (χ0v) is 12.4. The number of phenolic OH excluding ortho intramolecular Hbond substituents is 1. The van der Waals surface area contributed by atoms with Gasteiger partial charge in [0.2, 0.25) is 0 Å². The van der Waals surface area contributed by atoms with Gasteiger partial charge in [0.05, 0.1) is 0 Å². The van der Waals surface area contributed by atoms with Gasteiger partial charge in [-0.3, -0.25) is 0 Å². The molecule has 21 heavy (non-hydrogen) atoms. The minimum Gasteiger partial charge on any atom is -0.504 e. The van der Waals surface area contributed by atoms with Gasteiger partial charge in [-0.15, -0.1) is 0 Å². The highest BCUT2D eigenvalue weighted by atomic mass is 16.5. The number of hydrogen-bond donors (Lipinski definition) is 1. The van der Waals surface area contributed by atoms with Crippen LogP contribution in [0.5, 0.6) is 11.5 Å². The van der Waals surface area contributed by atoms with E-state index >= 15 is 0 Å². The van der Waals surface area contributed by atoms with E-state index < -0.39 is 0 Å². The molecule has 0 unspecified atom stereocenters. The monoisotopic (exact) mass is 283 g/mol. The number of phenols is 1. The largest absolute Gasteiger partial charge is 0.504 e. The third-order valence-corrected chi connectivity index (χ3v) is 6.54. The molecule has 2 aliphatic heterocycles. The molecule has 1 spiro atoms. The van der Waals surface area contributed by atoms with Crippen molar-refractivity contribution in [1.29, 1.82) is 0 Å². The van der Waals surface area contributed by atoms with E-state index in [0.717, 1.165) is 31.6 Å². The normalized spacial score (nSPS) is 39.9. The Morgan fingerprint density at radius 2 is 2.29 bits per heavy atom. The Hall–Kier alpha value is -1.48. The second-order valence-corrected chi connectivity index (χ2v) is 7.29. The molecule has 110 valence electrons. The summed E-state index contributed by atoms with van der Waals surface area (Å²) in [6.07, 6.45) is 4.56. The van der Waals surface area contributed by atoms with Gasteiger partial charge < -0.3 is 14.7 Å². The summed E-state index contributed by atoms with van der Waals surface area (Å²) in [7, 11) is 2.26. The lowest BCUT2D eigenvalue weighted by Gasteiger charge is -2.58. The summed E-state index contributed by atoms with van der Waals surface area (Å²) in [6, 6.07) is 4.53. The summed E-state index contributed by atoms with van der Waals surface area (Å²) in [5.41, 5.74) is 4.00. The summed E-state index contributed by atoms with van der Waals surface area (Å²) < 4.78 is 6.29. The van der Waals surface area contributed by atoms with Crippen molar-refractivity contribution < 1.29 is 9.84 Å². The van der Waals surface area contributed by atoms with E-state index in [0.29, 0.717) is 17.7 Å². The van der Waals surface area contributed by atoms with Crippen LogP contribution in [0.2, 0.25) is 0 Å². The van der Waals surface area contributed by atoms with Crippen LogP contribution in [-0.4, -0.2) is 35.7 Å². The van der Waals surface area contributed by atoms with Crippen molar-refractivity contribution in [2.75, 3.05) is 13.6 Å². The standard InChI is InChI=1S/C18H21NO2/c1-10-3-5-12-13-9-11-4-6-14(20)16-15(11)18(12,17(10)21-16)7-8-19(13)2/h4,6,12-13,17,20H,1,3,5,7-9H2,2H3/t12-,13+,17-,18-/m0/s1. The predicted octanol–water partition coefficient (Wildman–Crippen LogP) is 2.62. The molecule has 3 nitrogen and oxygen atoms in total. The van der Waals surface area contributed by atoms with Crippen molar-refractivity contribution in [3.8, 4) is 11.5 Å². The fourth-order valence-corrected chi connectivity index (χ4v) is 5.66. The summed E-state index contributed by atoms with van der Waals surface area (Å²) >= 11 is 0. The van der Waals surface area contributed by atoms with Gasteiger partial charge in [-0.1, -0.05) is 12.6 Å². The van der Waals surface area contributed by atoms with Crippen LogP contribution in [0.1, 0.15) is 30.4 Å². The first-order valence-corrected chi connectivity index (χ1v) is 8.03. The molecule has 2 fully saturated rings. The molecule has 1 saturated heterocycles. The lowest BCUT2D eigenvalue weighted by Crippen LogP contribution is -2.63. The topological polar surface area (TPSA) is 32.7 Å². The van der Waals surface area contributed by atoms with Crippen LogP contribution in [0.3, 0.4) is 0 Å². The SMILES string of the molecule is C=C1CC[C@H]2[C@H]3Cc4ccc(O)c5c4[C@@]2(CCN3C)[C@H]1O5. The Kier molecular flexibility index (Phi) is 2.10. The van der Waals surface area contributed by atoms with Gasteiger partial charge >= 0.3 is 0 Å². The van der Waals surface area contributed by atoms with Crippen molar-refractivity contribution in [2.45, 2.75) is 43.2 Å². The number of hydrogen-bond acceptors (Lipinski definition) is 3. The first kappa shape index (κ1) is 12.1. The number of ether oxygens (including phenoxy) is 1. The Bertz CT molecular complexity index is 667. The fraction of sp³-hybridized carbons (Fsp3) is 0.556. The van der Waals surface area contributed by atoms with Gasteiger partial charge in [0.15, 0.2) is 11.5 Å². The van der Waals surface area contributed by atoms with Crippen molar-refractivity contribution in [1.82, 2.24) is 4.90 Å². The van der Waals surface area contributed by atoms with E-state index in [1.807, 2.05) is 0 Å². The highest BCUT2D eigenvalue weighted by Crippen LogP contribution is 2.64. The molecule has 5 rings (SSSR count). The van der Waals surface area contributed by atoms with Crippen LogP contribution in [0.4, 0.5) is 0 Å². The van der Waals surface area contributed by atoms with Crippen molar-refractivity contribution >= 4 is 0 Å². The molecule has 0 aromatic heterocycles. The van der Waals surface area contributed by atoms with Crippen LogP contribution in [0.25, 0.3) is 0 Å². The minimum absolute atomic E-state index is 0.0775. The quantitative estimate of drug-likeness (QED) is 0.743. The molecule has 4 aliphatic rings. The van der Waals surface area contributed by atoms with E-state index in [-0.39, 0.29) is 11.5 Å². The van der Waals surface area contributed by atoms with Crippen molar-refractivity contribution in [3.63, 3.8) is 0 Å². The molecule has 2 bridgehead atoms. The van der Waals surface area contributed by atoms with Gasteiger partial charge in [-0.25, -0.2) is 0 Å². The lowest BCUT2D eigenvalue weighted by molar-refractivity contribution is -0.0214. The average Bonchev–Trinajstić information content (AvgIpc) is 2.83. The zero-order valence-electron chi connectivity index (χ0n) is 12.4. The minimum atomic E-state index is 0.0775. The molecular weight excluding hydrogens is 262 g/mol. The lowest BCUT2D eigenvalue weighted by atomic mass is 9.51. The van der Waals surface area contributed by atoms with Gasteiger partial charge in [0.25, 0.3) is 0 Å². The second kappa shape index (κ2) is 3.64. The molecule has 4 atom stereocenters. The van der Waals surface area contributed by atoms with E-state index in [9.17, 15) is 5.11 Å². The summed E-state index contributed by atoms with van der Waals surface area (Å²) in [5, 5.41) is 10.3. The Balaban J connectivity index is 1.83. The van der Waals surface area contributed by atoms with Gasteiger partial charge in [-0.05, 0) is 62.4 Å². The second-order valence-electron chi connectivity index (χ2n) is 7.29. The van der Waals surface area contributed by atoms with Crippen molar-refractivity contribution in [2.24, 2.45) is 5.92 Å². The fourth-order valence-electron chi connectivity index (χ4n) is 5.66. The zero-order chi connectivity index (χ0) is 14.4. The number of likely N-dealkylation sites (N-methyl/N-ethyl adjacent to an activating group) is 1. The van der Waals surface area contributed by atoms with Crippen LogP contribution >= 0.6 is 0 Å². The first-order valence-electron chi connectivity index (χ1n) is 8.03. The molecule has 3 heteroatoms. The van der Waals surface area contributed by atoms with E-state index in [4.69, 9.17) is 4.74 Å². The van der Waals surface area contributed by atoms with E-state index in [1.54, 1.807) is 6.07 Å². The summed E-state index contributed by atoms with van der Waals surface area (Å²) in [4.78, 5) is 2.54. The molecule has 1 N–H and O–H groups in total. The van der Waals surface area contributed by atoms with Crippen molar-refractivity contribution in [3.05, 3.63) is 35.4 Å². The molecule has 2 heterocycles. The summed E-state index contributed by atoms with van der Waals surface area (Å²) in [5.74, 6) is 1.71. The predicted molar refractivity (Wildman–Crippen MR) is 80.8 cm³/mol. The highest BCUT2D eigenvalue weighted by molar-refractivity contribution is 5.61. The number of aromatic hydroxyl groups is 1. The molecule has 1 aromatic carbocycles. The van der Waals surface area contributed by atoms with Crippen LogP contribution in [-0.2, 0) is 11.8 Å². The van der Waals surface area contributed by atoms with Gasteiger partial charge in [-0.2, -0.15) is 0 Å². The summed E-state index contributed by atoms with van der Waals surface area (Å²) in [6.45, 7) is 5.41. The highest BCUT2D eigenvalue weighted by Gasteiger charge is 2.63. The maximum Gasteiger partial charge on any atom is 0.166 e. The number of piperidine rings is 1. The number of benzene rings is 1. The number of nitrogens with zero attached hydrogens (tertiary/aromatic N) is 1. The first-order chi connectivity index (χ1) is 10.1. The Labute approximate surface area is 125 Å². The number of likely N-dealkylation sites (tertiary alicyclic amines) is 1. The third kappa shape index (κ3) is 1.21. The molecule has 0 amide bonds. The van der Waals surface area contributed by atoms with Crippen LogP contribution < -0.4 is 4.74 Å². The molecule has 1 aromatic rings. The van der Waals surface area contributed by atoms with Gasteiger partial charge in [0.1, 0.15) is 6.10 Å². The maximum absolute atomic E-state index is 10.3. The van der Waals surface area contributed by atoms with E-state index in [1.165, 1.54) is 23.1 Å². The third-order valence-electron chi connectivity index (χ3n) is 6.54. The van der Waals surface area contributed by atoms with Gasteiger partial charge in [0, 0.05) is 17.0 Å².